The van der Waals surface area contributed by atoms with Gasteiger partial charge in [0.2, 0.25) is 0 Å². The first kappa shape index (κ1) is 15.1. The van der Waals surface area contributed by atoms with E-state index in [1.165, 1.54) is 19.3 Å². The molecule has 0 radical (unpaired) electrons. The highest BCUT2D eigenvalue weighted by Gasteiger charge is 2.19. The van der Waals surface area contributed by atoms with Gasteiger partial charge < -0.3 is 15.4 Å². The molecule has 1 unspecified atom stereocenters. The molecule has 0 amide bonds. The van der Waals surface area contributed by atoms with Gasteiger partial charge in [0.05, 0.1) is 5.88 Å². The zero-order chi connectivity index (χ0) is 14.4. The van der Waals surface area contributed by atoms with Crippen LogP contribution in [-0.4, -0.2) is 42.9 Å². The van der Waals surface area contributed by atoms with Crippen molar-refractivity contribution in [2.75, 3.05) is 26.1 Å². The number of nitrogens with two attached hydrogens (primary N) is 1. The molecule has 0 spiro atoms. The Morgan fingerprint density at radius 3 is 3.00 bits per heavy atom. The number of para-hydroxylation sites is 2. The van der Waals surface area contributed by atoms with E-state index in [4.69, 9.17) is 22.1 Å². The number of hydrogen-bond acceptors (Lipinski definition) is 3. The molecule has 1 aromatic rings. The Labute approximate surface area is 125 Å². The number of ether oxygens (including phenoxy) is 1. The molecule has 110 valence electrons. The Bertz CT molecular complexity index is 464. The van der Waals surface area contributed by atoms with E-state index in [1.54, 1.807) is 0 Å². The average Bonchev–Trinajstić information content (AvgIpc) is 2.47. The van der Waals surface area contributed by atoms with Crippen molar-refractivity contribution in [3.05, 3.63) is 24.3 Å². The predicted octanol–water partition coefficient (Wildman–Crippen LogP) is 2.78. The molecule has 1 fully saturated rings. The van der Waals surface area contributed by atoms with Crippen LogP contribution in [0.2, 0.25) is 0 Å². The SMILES string of the molecule is CN1CCCCC1COc1ccccc1N=C(N)CCl. The Hall–Kier alpha value is -1.26. The lowest BCUT2D eigenvalue weighted by Gasteiger charge is -2.32. The van der Waals surface area contributed by atoms with Crippen LogP contribution in [0.5, 0.6) is 5.75 Å². The molecular weight excluding hydrogens is 274 g/mol. The fourth-order valence-electron chi connectivity index (χ4n) is 2.40. The van der Waals surface area contributed by atoms with E-state index in [2.05, 4.69) is 16.9 Å². The number of likely N-dealkylation sites (tertiary alicyclic amines) is 1. The monoisotopic (exact) mass is 295 g/mol. The van der Waals surface area contributed by atoms with E-state index >= 15 is 0 Å². The first-order chi connectivity index (χ1) is 9.70. The summed E-state index contributed by atoms with van der Waals surface area (Å²) in [5.74, 6) is 1.39. The van der Waals surface area contributed by atoms with Gasteiger partial charge in [-0.3, -0.25) is 0 Å². The molecule has 0 bridgehead atoms. The number of rotatable bonds is 5. The van der Waals surface area contributed by atoms with Crippen molar-refractivity contribution in [3.8, 4) is 5.75 Å². The smallest absolute Gasteiger partial charge is 0.145 e. The summed E-state index contributed by atoms with van der Waals surface area (Å²) in [5.41, 5.74) is 6.43. The van der Waals surface area contributed by atoms with E-state index in [0.29, 0.717) is 18.5 Å². The van der Waals surface area contributed by atoms with Crippen LogP contribution in [0.1, 0.15) is 19.3 Å². The zero-order valence-corrected chi connectivity index (χ0v) is 12.6. The molecule has 20 heavy (non-hydrogen) atoms. The minimum absolute atomic E-state index is 0.222. The normalized spacial score (nSPS) is 20.9. The quantitative estimate of drug-likeness (QED) is 0.516. The van der Waals surface area contributed by atoms with Gasteiger partial charge in [0.1, 0.15) is 23.9 Å². The third-order valence-corrected chi connectivity index (χ3v) is 3.89. The topological polar surface area (TPSA) is 50.8 Å². The molecule has 0 aromatic heterocycles. The van der Waals surface area contributed by atoms with Gasteiger partial charge in [-0.05, 0) is 38.6 Å². The van der Waals surface area contributed by atoms with Gasteiger partial charge in [-0.15, -0.1) is 11.6 Å². The fraction of sp³-hybridized carbons (Fsp3) is 0.533. The lowest BCUT2D eigenvalue weighted by atomic mass is 10.0. The van der Waals surface area contributed by atoms with Crippen molar-refractivity contribution in [1.82, 2.24) is 4.90 Å². The van der Waals surface area contributed by atoms with Gasteiger partial charge in [-0.25, -0.2) is 4.99 Å². The highest BCUT2D eigenvalue weighted by atomic mass is 35.5. The molecule has 1 saturated heterocycles. The second-order valence-corrected chi connectivity index (χ2v) is 5.41. The Kier molecular flexibility index (Phi) is 5.68. The maximum absolute atomic E-state index is 5.95. The molecular formula is C15H22ClN3O. The summed E-state index contributed by atoms with van der Waals surface area (Å²) in [4.78, 5) is 6.65. The van der Waals surface area contributed by atoms with Crippen molar-refractivity contribution >= 4 is 23.1 Å². The lowest BCUT2D eigenvalue weighted by Crippen LogP contribution is -2.40. The summed E-state index contributed by atoms with van der Waals surface area (Å²) < 4.78 is 5.95. The highest BCUT2D eigenvalue weighted by molar-refractivity contribution is 6.28. The van der Waals surface area contributed by atoms with E-state index < -0.39 is 0 Å². The van der Waals surface area contributed by atoms with Gasteiger partial charge in [-0.1, -0.05) is 18.6 Å². The van der Waals surface area contributed by atoms with Crippen LogP contribution in [0.3, 0.4) is 0 Å². The molecule has 2 rings (SSSR count). The van der Waals surface area contributed by atoms with Crippen LogP contribution in [0.15, 0.2) is 29.3 Å². The van der Waals surface area contributed by atoms with E-state index in [9.17, 15) is 0 Å². The van der Waals surface area contributed by atoms with Crippen molar-refractivity contribution in [1.29, 1.82) is 0 Å². The Morgan fingerprint density at radius 2 is 2.25 bits per heavy atom. The maximum atomic E-state index is 5.95. The third kappa shape index (κ3) is 4.12. The standard InChI is InChI=1S/C15H22ClN3O/c1-19-9-5-4-6-12(19)11-20-14-8-3-2-7-13(14)18-15(17)10-16/h2-3,7-8,12H,4-6,9-11H2,1H3,(H2,17,18). The van der Waals surface area contributed by atoms with E-state index in [-0.39, 0.29) is 5.88 Å². The summed E-state index contributed by atoms with van der Waals surface area (Å²) >= 11 is 5.67. The molecule has 1 aliphatic heterocycles. The molecule has 2 N–H and O–H groups in total. The lowest BCUT2D eigenvalue weighted by molar-refractivity contribution is 0.125. The third-order valence-electron chi connectivity index (χ3n) is 3.62. The molecule has 0 aliphatic carbocycles. The highest BCUT2D eigenvalue weighted by Crippen LogP contribution is 2.28. The van der Waals surface area contributed by atoms with Gasteiger partial charge in [-0.2, -0.15) is 0 Å². The number of hydrogen-bond donors (Lipinski definition) is 1. The number of halogens is 1. The average molecular weight is 296 g/mol. The van der Waals surface area contributed by atoms with Crippen LogP contribution in [0.25, 0.3) is 0 Å². The summed E-state index contributed by atoms with van der Waals surface area (Å²) in [6.07, 6.45) is 3.74. The minimum Gasteiger partial charge on any atom is -0.490 e. The van der Waals surface area contributed by atoms with Crippen LogP contribution < -0.4 is 10.5 Å². The first-order valence-electron chi connectivity index (χ1n) is 7.01. The number of likely N-dealkylation sites (N-methyl/N-ethyl adjacent to an activating group) is 1. The van der Waals surface area contributed by atoms with Gasteiger partial charge in [0, 0.05) is 6.04 Å². The molecule has 0 saturated carbocycles. The molecule has 1 atom stereocenters. The fourth-order valence-corrected chi connectivity index (χ4v) is 2.46. The second-order valence-electron chi connectivity index (χ2n) is 5.15. The number of alkyl halides is 1. The van der Waals surface area contributed by atoms with E-state index in [1.807, 2.05) is 24.3 Å². The number of amidine groups is 1. The van der Waals surface area contributed by atoms with Gasteiger partial charge >= 0.3 is 0 Å². The van der Waals surface area contributed by atoms with Crippen molar-refractivity contribution < 1.29 is 4.74 Å². The largest absolute Gasteiger partial charge is 0.490 e. The molecule has 1 aliphatic rings. The second kappa shape index (κ2) is 7.50. The van der Waals surface area contributed by atoms with Gasteiger partial charge in [0.25, 0.3) is 0 Å². The van der Waals surface area contributed by atoms with Crippen molar-refractivity contribution in [2.24, 2.45) is 10.7 Å². The maximum Gasteiger partial charge on any atom is 0.145 e. The van der Waals surface area contributed by atoms with Crippen LogP contribution in [0, 0.1) is 0 Å². The Balaban J connectivity index is 2.02. The van der Waals surface area contributed by atoms with Crippen molar-refractivity contribution in [3.63, 3.8) is 0 Å². The number of benzene rings is 1. The van der Waals surface area contributed by atoms with E-state index in [0.717, 1.165) is 18.0 Å². The zero-order valence-electron chi connectivity index (χ0n) is 11.9. The summed E-state index contributed by atoms with van der Waals surface area (Å²) in [5, 5.41) is 0. The summed E-state index contributed by atoms with van der Waals surface area (Å²) in [6, 6.07) is 8.14. The summed E-state index contributed by atoms with van der Waals surface area (Å²) in [7, 11) is 2.16. The Morgan fingerprint density at radius 1 is 1.45 bits per heavy atom. The predicted molar refractivity (Wildman–Crippen MR) is 84.2 cm³/mol. The minimum atomic E-state index is 0.222. The van der Waals surface area contributed by atoms with Crippen LogP contribution in [-0.2, 0) is 0 Å². The number of nitrogens with zero attached hydrogens (tertiary/aromatic N) is 2. The van der Waals surface area contributed by atoms with Crippen LogP contribution in [0.4, 0.5) is 5.69 Å². The number of piperidine rings is 1. The van der Waals surface area contributed by atoms with Crippen molar-refractivity contribution in [2.45, 2.75) is 25.3 Å². The molecule has 1 heterocycles. The summed E-state index contributed by atoms with van der Waals surface area (Å²) in [6.45, 7) is 1.83. The first-order valence-corrected chi connectivity index (χ1v) is 7.55. The molecule has 4 nitrogen and oxygen atoms in total. The van der Waals surface area contributed by atoms with Gasteiger partial charge in [0.15, 0.2) is 0 Å². The molecule has 1 aromatic carbocycles. The molecule has 5 heteroatoms. The van der Waals surface area contributed by atoms with Crippen LogP contribution >= 0.6 is 11.6 Å². The number of aliphatic imine (C=N–C) groups is 1.